The molecule has 0 unspecified atom stereocenters. The normalized spacial score (nSPS) is 15.1. The fourth-order valence-corrected chi connectivity index (χ4v) is 2.70. The van der Waals surface area contributed by atoms with E-state index in [4.69, 9.17) is 0 Å². The number of nitrogens with one attached hydrogen (secondary N) is 1. The summed E-state index contributed by atoms with van der Waals surface area (Å²) >= 11 is 0. The minimum Gasteiger partial charge on any atom is -0.339 e. The summed E-state index contributed by atoms with van der Waals surface area (Å²) in [5.74, 6) is -1.17. The standard InChI is InChI=1S/C16H15F4N5O2/c1-9-12(17)13(26)23-15(22-9)25-6-4-24(5-7-25)14(27)10-2-3-11(21-8-10)16(18,19)20/h2-3,8H,4-7H2,1H3,(H,22,23,26). The predicted molar refractivity (Wildman–Crippen MR) is 86.9 cm³/mol. The number of pyridine rings is 1. The first-order chi connectivity index (χ1) is 12.7. The highest BCUT2D eigenvalue weighted by atomic mass is 19.4. The van der Waals surface area contributed by atoms with Gasteiger partial charge in [-0.3, -0.25) is 19.6 Å². The summed E-state index contributed by atoms with van der Waals surface area (Å²) in [4.78, 5) is 36.7. The van der Waals surface area contributed by atoms with E-state index in [0.717, 1.165) is 18.3 Å². The number of halogens is 4. The van der Waals surface area contributed by atoms with Gasteiger partial charge in [-0.2, -0.15) is 17.6 Å². The second-order valence-corrected chi connectivity index (χ2v) is 6.00. The van der Waals surface area contributed by atoms with E-state index in [0.29, 0.717) is 13.1 Å². The Morgan fingerprint density at radius 3 is 2.37 bits per heavy atom. The lowest BCUT2D eigenvalue weighted by Crippen LogP contribution is -2.49. The molecule has 0 atom stereocenters. The molecule has 11 heteroatoms. The predicted octanol–water partition coefficient (Wildman–Crippen LogP) is 1.59. The van der Waals surface area contributed by atoms with Gasteiger partial charge in [0.1, 0.15) is 5.69 Å². The summed E-state index contributed by atoms with van der Waals surface area (Å²) in [5, 5.41) is 0. The molecule has 27 heavy (non-hydrogen) atoms. The molecule has 1 aliphatic rings. The number of anilines is 1. The molecule has 0 bridgehead atoms. The number of rotatable bonds is 2. The van der Waals surface area contributed by atoms with Gasteiger partial charge in [0.05, 0.1) is 11.3 Å². The first kappa shape index (κ1) is 18.8. The molecule has 3 rings (SSSR count). The molecule has 0 saturated carbocycles. The van der Waals surface area contributed by atoms with E-state index >= 15 is 0 Å². The Hall–Kier alpha value is -2.98. The largest absolute Gasteiger partial charge is 0.433 e. The molecule has 1 aliphatic heterocycles. The third-order valence-electron chi connectivity index (χ3n) is 4.18. The van der Waals surface area contributed by atoms with Crippen LogP contribution >= 0.6 is 0 Å². The third-order valence-corrected chi connectivity index (χ3v) is 4.18. The van der Waals surface area contributed by atoms with E-state index in [1.165, 1.54) is 11.8 Å². The second kappa shape index (κ2) is 6.97. The Labute approximate surface area is 150 Å². The maximum Gasteiger partial charge on any atom is 0.433 e. The zero-order valence-electron chi connectivity index (χ0n) is 14.2. The van der Waals surface area contributed by atoms with Crippen LogP contribution < -0.4 is 10.5 Å². The summed E-state index contributed by atoms with van der Waals surface area (Å²) in [5.41, 5.74) is -1.90. The number of aromatic amines is 1. The van der Waals surface area contributed by atoms with E-state index in [-0.39, 0.29) is 30.3 Å². The highest BCUT2D eigenvalue weighted by Gasteiger charge is 2.32. The van der Waals surface area contributed by atoms with Gasteiger partial charge in [0.2, 0.25) is 11.8 Å². The Balaban J connectivity index is 1.67. The number of alkyl halides is 3. The van der Waals surface area contributed by atoms with E-state index in [2.05, 4.69) is 15.0 Å². The highest BCUT2D eigenvalue weighted by molar-refractivity contribution is 5.94. The van der Waals surface area contributed by atoms with Gasteiger partial charge in [0, 0.05) is 32.4 Å². The van der Waals surface area contributed by atoms with Crippen molar-refractivity contribution in [3.8, 4) is 0 Å². The Morgan fingerprint density at radius 1 is 1.19 bits per heavy atom. The minimum atomic E-state index is -4.57. The first-order valence-electron chi connectivity index (χ1n) is 8.00. The molecule has 3 heterocycles. The maximum atomic E-state index is 13.4. The molecule has 0 aromatic carbocycles. The molecule has 0 aliphatic carbocycles. The van der Waals surface area contributed by atoms with E-state index < -0.39 is 29.2 Å². The van der Waals surface area contributed by atoms with Crippen LogP contribution in [0.1, 0.15) is 21.7 Å². The summed E-state index contributed by atoms with van der Waals surface area (Å²) < 4.78 is 51.0. The minimum absolute atomic E-state index is 0.0249. The molecular weight excluding hydrogens is 370 g/mol. The monoisotopic (exact) mass is 385 g/mol. The molecule has 144 valence electrons. The van der Waals surface area contributed by atoms with Crippen LogP contribution in [0.5, 0.6) is 0 Å². The van der Waals surface area contributed by atoms with E-state index in [9.17, 15) is 27.2 Å². The van der Waals surface area contributed by atoms with Crippen molar-refractivity contribution in [2.24, 2.45) is 0 Å². The molecule has 2 aromatic heterocycles. The number of H-pyrrole nitrogens is 1. The van der Waals surface area contributed by atoms with E-state index in [1.807, 2.05) is 0 Å². The lowest BCUT2D eigenvalue weighted by atomic mass is 10.2. The molecule has 0 radical (unpaired) electrons. The zero-order chi connectivity index (χ0) is 19.8. The van der Waals surface area contributed by atoms with Crippen LogP contribution in [0.2, 0.25) is 0 Å². The van der Waals surface area contributed by atoms with Crippen LogP contribution in [0.4, 0.5) is 23.5 Å². The second-order valence-electron chi connectivity index (χ2n) is 6.00. The van der Waals surface area contributed by atoms with Crippen molar-refractivity contribution in [2.75, 3.05) is 31.1 Å². The van der Waals surface area contributed by atoms with Crippen molar-refractivity contribution >= 4 is 11.9 Å². The lowest BCUT2D eigenvalue weighted by Gasteiger charge is -2.35. The Kier molecular flexibility index (Phi) is 4.85. The molecule has 1 amide bonds. The van der Waals surface area contributed by atoms with Crippen molar-refractivity contribution < 1.29 is 22.4 Å². The van der Waals surface area contributed by atoms with Gasteiger partial charge in [-0.25, -0.2) is 4.98 Å². The summed E-state index contributed by atoms with van der Waals surface area (Å²) in [6, 6.07) is 1.85. The van der Waals surface area contributed by atoms with Gasteiger partial charge >= 0.3 is 6.18 Å². The number of carbonyl (C=O) groups excluding carboxylic acids is 1. The Bertz CT molecular complexity index is 903. The van der Waals surface area contributed by atoms with Crippen molar-refractivity contribution in [1.29, 1.82) is 0 Å². The Morgan fingerprint density at radius 2 is 1.85 bits per heavy atom. The third kappa shape index (κ3) is 3.91. The number of aryl methyl sites for hydroxylation is 1. The smallest absolute Gasteiger partial charge is 0.339 e. The van der Waals surface area contributed by atoms with Crippen LogP contribution in [-0.4, -0.2) is 51.9 Å². The summed E-state index contributed by atoms with van der Waals surface area (Å²) in [6.45, 7) is 2.56. The van der Waals surface area contributed by atoms with Crippen molar-refractivity contribution in [1.82, 2.24) is 19.9 Å². The van der Waals surface area contributed by atoms with Crippen LogP contribution in [0, 0.1) is 12.7 Å². The summed E-state index contributed by atoms with van der Waals surface area (Å²) in [7, 11) is 0. The number of aromatic nitrogens is 3. The molecule has 1 fully saturated rings. The van der Waals surface area contributed by atoms with Crippen molar-refractivity contribution in [3.05, 3.63) is 51.5 Å². The van der Waals surface area contributed by atoms with Gasteiger partial charge in [-0.15, -0.1) is 0 Å². The fraction of sp³-hybridized carbons (Fsp3) is 0.375. The topological polar surface area (TPSA) is 82.2 Å². The molecule has 1 saturated heterocycles. The molecule has 1 N–H and O–H groups in total. The number of hydrogen-bond acceptors (Lipinski definition) is 5. The van der Waals surface area contributed by atoms with Gasteiger partial charge < -0.3 is 9.80 Å². The fourth-order valence-electron chi connectivity index (χ4n) is 2.70. The first-order valence-corrected chi connectivity index (χ1v) is 8.00. The highest BCUT2D eigenvalue weighted by Crippen LogP contribution is 2.27. The average molecular weight is 385 g/mol. The molecule has 0 spiro atoms. The SMILES string of the molecule is Cc1nc(N2CCN(C(=O)c3ccc(C(F)(F)F)nc3)CC2)[nH]c(=O)c1F. The quantitative estimate of drug-likeness (QED) is 0.794. The van der Waals surface area contributed by atoms with Crippen LogP contribution in [0.25, 0.3) is 0 Å². The zero-order valence-corrected chi connectivity index (χ0v) is 14.2. The van der Waals surface area contributed by atoms with E-state index in [1.54, 1.807) is 4.90 Å². The van der Waals surface area contributed by atoms with Gasteiger partial charge in [-0.1, -0.05) is 0 Å². The maximum absolute atomic E-state index is 13.4. The van der Waals surface area contributed by atoms with Gasteiger partial charge in [0.25, 0.3) is 11.5 Å². The molecular formula is C16H15F4N5O2. The number of hydrogen-bond donors (Lipinski definition) is 1. The average Bonchev–Trinajstić information content (AvgIpc) is 2.64. The molecule has 7 nitrogen and oxygen atoms in total. The van der Waals surface area contributed by atoms with Crippen LogP contribution in [0.15, 0.2) is 23.1 Å². The number of carbonyl (C=O) groups is 1. The number of amides is 1. The van der Waals surface area contributed by atoms with Crippen LogP contribution in [-0.2, 0) is 6.18 Å². The van der Waals surface area contributed by atoms with Crippen LogP contribution in [0.3, 0.4) is 0 Å². The number of piperazine rings is 1. The molecule has 2 aromatic rings. The van der Waals surface area contributed by atoms with Crippen molar-refractivity contribution in [3.63, 3.8) is 0 Å². The van der Waals surface area contributed by atoms with Gasteiger partial charge in [-0.05, 0) is 19.1 Å². The van der Waals surface area contributed by atoms with Gasteiger partial charge in [0.15, 0.2) is 0 Å². The van der Waals surface area contributed by atoms with Crippen molar-refractivity contribution in [2.45, 2.75) is 13.1 Å². The lowest BCUT2D eigenvalue weighted by molar-refractivity contribution is -0.141. The number of nitrogens with zero attached hydrogens (tertiary/aromatic N) is 4. The summed E-state index contributed by atoms with van der Waals surface area (Å²) in [6.07, 6.45) is -3.66.